The minimum absolute atomic E-state index is 0.116. The lowest BCUT2D eigenvalue weighted by molar-refractivity contribution is -0.162. The highest BCUT2D eigenvalue weighted by Gasteiger charge is 2.52. The maximum absolute atomic E-state index is 14.5. The van der Waals surface area contributed by atoms with Gasteiger partial charge in [-0.25, -0.2) is 4.39 Å². The smallest absolute Gasteiger partial charge is 0.260 e. The van der Waals surface area contributed by atoms with E-state index in [9.17, 15) is 14.0 Å². The van der Waals surface area contributed by atoms with Crippen LogP contribution in [0, 0.1) is 0 Å². The summed E-state index contributed by atoms with van der Waals surface area (Å²) in [5, 5.41) is 0. The summed E-state index contributed by atoms with van der Waals surface area (Å²) in [6.45, 7) is 2.93. The van der Waals surface area contributed by atoms with Gasteiger partial charge in [0.2, 0.25) is 5.91 Å². The molecule has 1 aromatic rings. The normalized spacial score (nSPS) is 24.7. The van der Waals surface area contributed by atoms with Crippen molar-refractivity contribution in [1.82, 2.24) is 19.7 Å². The van der Waals surface area contributed by atoms with E-state index in [1.165, 1.54) is 0 Å². The minimum atomic E-state index is -1.65. The van der Waals surface area contributed by atoms with Crippen molar-refractivity contribution in [1.29, 1.82) is 0 Å². The number of hydrogen-bond donors (Lipinski definition) is 0. The first kappa shape index (κ1) is 18.3. The molecular weight excluding hydrogens is 347 g/mol. The Morgan fingerprint density at radius 2 is 1.93 bits per heavy atom. The van der Waals surface area contributed by atoms with Gasteiger partial charge in [0.25, 0.3) is 5.91 Å². The molecule has 3 heterocycles. The predicted molar refractivity (Wildman–Crippen MR) is 98.5 cm³/mol. The van der Waals surface area contributed by atoms with Crippen molar-refractivity contribution in [2.24, 2.45) is 0 Å². The summed E-state index contributed by atoms with van der Waals surface area (Å²) in [7, 11) is 1.99. The van der Waals surface area contributed by atoms with Crippen LogP contribution in [0.25, 0.3) is 0 Å². The molecule has 1 spiro atoms. The second kappa shape index (κ2) is 6.86. The topological polar surface area (TPSA) is 56.8 Å². The van der Waals surface area contributed by atoms with Crippen LogP contribution in [0.5, 0.6) is 0 Å². The average Bonchev–Trinajstić information content (AvgIpc) is 2.67. The standard InChI is InChI=1S/C20H27FN4O2/c1-23-12-13-25(15-16-4-2-9-22-14-16)18(27)20(23)7-10-24(11-8-20)17(26)19(21)5-3-6-19/h2,4,9,14H,3,5-8,10-13,15H2,1H3. The zero-order valence-corrected chi connectivity index (χ0v) is 15.9. The number of halogens is 1. The Balaban J connectivity index is 1.45. The van der Waals surface area contributed by atoms with Crippen molar-refractivity contribution in [3.05, 3.63) is 30.1 Å². The van der Waals surface area contributed by atoms with E-state index in [4.69, 9.17) is 0 Å². The molecule has 7 heteroatoms. The Kier molecular flexibility index (Phi) is 4.66. The van der Waals surface area contributed by atoms with Gasteiger partial charge >= 0.3 is 0 Å². The largest absolute Gasteiger partial charge is 0.340 e. The summed E-state index contributed by atoms with van der Waals surface area (Å²) < 4.78 is 14.5. The van der Waals surface area contributed by atoms with Crippen molar-refractivity contribution >= 4 is 11.8 Å². The summed E-state index contributed by atoms with van der Waals surface area (Å²) in [6.07, 6.45) is 6.10. The van der Waals surface area contributed by atoms with Gasteiger partial charge in [-0.15, -0.1) is 0 Å². The van der Waals surface area contributed by atoms with Crippen LogP contribution in [-0.4, -0.2) is 75.9 Å². The molecule has 2 amide bonds. The lowest BCUT2D eigenvalue weighted by atomic mass is 9.78. The highest BCUT2D eigenvalue weighted by atomic mass is 19.1. The predicted octanol–water partition coefficient (Wildman–Crippen LogP) is 1.61. The van der Waals surface area contributed by atoms with Gasteiger partial charge in [0.15, 0.2) is 5.67 Å². The van der Waals surface area contributed by atoms with Gasteiger partial charge in [0.1, 0.15) is 5.54 Å². The number of nitrogens with zero attached hydrogens (tertiary/aromatic N) is 4. The van der Waals surface area contributed by atoms with Gasteiger partial charge in [-0.2, -0.15) is 0 Å². The first-order chi connectivity index (χ1) is 12.9. The molecule has 0 unspecified atom stereocenters. The Morgan fingerprint density at radius 1 is 1.19 bits per heavy atom. The Hall–Kier alpha value is -2.02. The summed E-state index contributed by atoms with van der Waals surface area (Å²) in [5.41, 5.74) is -1.22. The van der Waals surface area contributed by atoms with Crippen LogP contribution in [0.3, 0.4) is 0 Å². The van der Waals surface area contributed by atoms with Gasteiger partial charge in [0, 0.05) is 45.1 Å². The third-order valence-electron chi connectivity index (χ3n) is 6.62. The summed E-state index contributed by atoms with van der Waals surface area (Å²) >= 11 is 0. The number of amides is 2. The number of carbonyl (C=O) groups excluding carboxylic acids is 2. The maximum atomic E-state index is 14.5. The molecule has 0 bridgehead atoms. The number of piperidine rings is 1. The van der Waals surface area contributed by atoms with Crippen molar-refractivity contribution in [2.45, 2.75) is 49.9 Å². The molecule has 0 atom stereocenters. The van der Waals surface area contributed by atoms with Crippen LogP contribution in [0.1, 0.15) is 37.7 Å². The van der Waals surface area contributed by atoms with Crippen molar-refractivity contribution in [3.63, 3.8) is 0 Å². The van der Waals surface area contributed by atoms with Gasteiger partial charge in [-0.3, -0.25) is 19.5 Å². The third kappa shape index (κ3) is 3.12. The lowest BCUT2D eigenvalue weighted by Gasteiger charge is -2.52. The maximum Gasteiger partial charge on any atom is 0.260 e. The number of alkyl halides is 1. The number of pyridine rings is 1. The fourth-order valence-corrected chi connectivity index (χ4v) is 4.57. The molecule has 1 aliphatic carbocycles. The minimum Gasteiger partial charge on any atom is -0.340 e. The van der Waals surface area contributed by atoms with E-state index in [-0.39, 0.29) is 11.8 Å². The second-order valence-electron chi connectivity index (χ2n) is 8.15. The van der Waals surface area contributed by atoms with Crippen LogP contribution in [0.15, 0.2) is 24.5 Å². The number of aromatic nitrogens is 1. The third-order valence-corrected chi connectivity index (χ3v) is 6.62. The summed E-state index contributed by atoms with van der Waals surface area (Å²) in [6, 6.07) is 3.86. The zero-order valence-electron chi connectivity index (χ0n) is 15.9. The van der Waals surface area contributed by atoms with E-state index in [1.54, 1.807) is 17.3 Å². The number of likely N-dealkylation sites (N-methyl/N-ethyl adjacent to an activating group) is 1. The monoisotopic (exact) mass is 374 g/mol. The molecule has 2 aliphatic heterocycles. The molecule has 1 aromatic heterocycles. The van der Waals surface area contributed by atoms with Crippen molar-refractivity contribution < 1.29 is 14.0 Å². The molecule has 27 heavy (non-hydrogen) atoms. The fourth-order valence-electron chi connectivity index (χ4n) is 4.57. The SMILES string of the molecule is CN1CCN(Cc2cccnc2)C(=O)C12CCN(C(=O)C1(F)CCC1)CC2. The number of rotatable bonds is 3. The van der Waals surface area contributed by atoms with E-state index in [0.717, 1.165) is 18.5 Å². The van der Waals surface area contributed by atoms with E-state index in [0.29, 0.717) is 51.9 Å². The van der Waals surface area contributed by atoms with Gasteiger partial charge in [0.05, 0.1) is 0 Å². The molecule has 3 fully saturated rings. The molecule has 4 rings (SSSR count). The van der Waals surface area contributed by atoms with E-state index in [1.807, 2.05) is 24.1 Å². The molecule has 146 valence electrons. The van der Waals surface area contributed by atoms with E-state index in [2.05, 4.69) is 9.88 Å². The van der Waals surface area contributed by atoms with Crippen LogP contribution in [-0.2, 0) is 16.1 Å². The molecule has 6 nitrogen and oxygen atoms in total. The zero-order chi connectivity index (χ0) is 19.1. The quantitative estimate of drug-likeness (QED) is 0.807. The molecular formula is C20H27FN4O2. The first-order valence-electron chi connectivity index (χ1n) is 9.82. The molecule has 2 saturated heterocycles. The molecule has 1 saturated carbocycles. The van der Waals surface area contributed by atoms with E-state index < -0.39 is 11.2 Å². The van der Waals surface area contributed by atoms with Gasteiger partial charge < -0.3 is 9.80 Å². The van der Waals surface area contributed by atoms with Gasteiger partial charge in [-0.05, 0) is 50.8 Å². The summed E-state index contributed by atoms with van der Waals surface area (Å²) in [5.74, 6) is -0.257. The van der Waals surface area contributed by atoms with Crippen LogP contribution < -0.4 is 0 Å². The highest BCUT2D eigenvalue weighted by Crippen LogP contribution is 2.40. The van der Waals surface area contributed by atoms with Crippen molar-refractivity contribution in [3.8, 4) is 0 Å². The Morgan fingerprint density at radius 3 is 2.52 bits per heavy atom. The Bertz CT molecular complexity index is 714. The number of carbonyl (C=O) groups is 2. The number of likely N-dealkylation sites (tertiary alicyclic amines) is 1. The fraction of sp³-hybridized carbons (Fsp3) is 0.650. The Labute approximate surface area is 159 Å². The van der Waals surface area contributed by atoms with Crippen LogP contribution in [0.4, 0.5) is 4.39 Å². The number of piperazine rings is 1. The average molecular weight is 374 g/mol. The molecule has 0 N–H and O–H groups in total. The van der Waals surface area contributed by atoms with Crippen LogP contribution >= 0.6 is 0 Å². The number of hydrogen-bond acceptors (Lipinski definition) is 4. The van der Waals surface area contributed by atoms with Crippen LogP contribution in [0.2, 0.25) is 0 Å². The lowest BCUT2D eigenvalue weighted by Crippen LogP contribution is -2.68. The van der Waals surface area contributed by atoms with Gasteiger partial charge in [-0.1, -0.05) is 6.07 Å². The van der Waals surface area contributed by atoms with E-state index >= 15 is 0 Å². The first-order valence-corrected chi connectivity index (χ1v) is 9.82. The van der Waals surface area contributed by atoms with Crippen molar-refractivity contribution in [2.75, 3.05) is 33.2 Å². The summed E-state index contributed by atoms with van der Waals surface area (Å²) in [4.78, 5) is 35.6. The second-order valence-corrected chi connectivity index (χ2v) is 8.15. The molecule has 0 aromatic carbocycles. The molecule has 3 aliphatic rings. The molecule has 0 radical (unpaired) electrons. The highest BCUT2D eigenvalue weighted by molar-refractivity contribution is 5.89.